The van der Waals surface area contributed by atoms with Gasteiger partial charge in [0.05, 0.1) is 14.2 Å². The summed E-state index contributed by atoms with van der Waals surface area (Å²) in [6.07, 6.45) is 7.67. The molecule has 0 radical (unpaired) electrons. The lowest BCUT2D eigenvalue weighted by Crippen LogP contribution is -1.95. The Morgan fingerprint density at radius 1 is 0.688 bits per heavy atom. The second kappa shape index (κ2) is 10.5. The highest BCUT2D eigenvalue weighted by molar-refractivity contribution is 5.86. The van der Waals surface area contributed by atoms with E-state index in [2.05, 4.69) is 19.7 Å². The van der Waals surface area contributed by atoms with E-state index >= 15 is 0 Å². The molecule has 3 heteroatoms. The van der Waals surface area contributed by atoms with Crippen LogP contribution in [0.15, 0.2) is 86.5 Å². The van der Waals surface area contributed by atoms with Gasteiger partial charge in [0.15, 0.2) is 0 Å². The van der Waals surface area contributed by atoms with E-state index in [9.17, 15) is 5.11 Å². The molecule has 0 aliphatic rings. The molecule has 1 N–H and O–H groups in total. The van der Waals surface area contributed by atoms with Gasteiger partial charge in [-0.15, -0.1) is 19.7 Å². The highest BCUT2D eigenvalue weighted by atomic mass is 16.5. The Kier molecular flexibility index (Phi) is 7.56. The molecule has 0 heterocycles. The second-order valence-electron chi connectivity index (χ2n) is 7.58. The largest absolute Gasteiger partial charge is 0.507 e. The molecule has 32 heavy (non-hydrogen) atoms. The summed E-state index contributed by atoms with van der Waals surface area (Å²) in [5.41, 5.74) is 6.40. The highest BCUT2D eigenvalue weighted by Gasteiger charge is 2.18. The summed E-state index contributed by atoms with van der Waals surface area (Å²) < 4.78 is 11.1. The molecule has 0 spiro atoms. The van der Waals surface area contributed by atoms with Crippen LogP contribution >= 0.6 is 0 Å². The zero-order valence-corrected chi connectivity index (χ0v) is 18.9. The van der Waals surface area contributed by atoms with Crippen LogP contribution in [-0.4, -0.2) is 19.3 Å². The van der Waals surface area contributed by atoms with E-state index in [0.29, 0.717) is 18.6 Å². The van der Waals surface area contributed by atoms with Crippen LogP contribution in [0, 0.1) is 0 Å². The summed E-state index contributed by atoms with van der Waals surface area (Å²) >= 11 is 0. The number of methoxy groups -OCH3 is 2. The molecule has 0 aromatic heterocycles. The van der Waals surface area contributed by atoms with Crippen LogP contribution in [0.5, 0.6) is 17.2 Å². The SMILES string of the molecule is C=CCc1ccc(OC)c(-c2cc(CC=C)cc(-c3ccc(OC)c(CC=C)c3)c2O)c1. The predicted octanol–water partition coefficient (Wildman–Crippen LogP) is 6.93. The van der Waals surface area contributed by atoms with Gasteiger partial charge in [0, 0.05) is 16.7 Å². The van der Waals surface area contributed by atoms with Crippen molar-refractivity contribution in [3.8, 4) is 39.5 Å². The molecule has 0 bridgehead atoms. The zero-order valence-electron chi connectivity index (χ0n) is 18.9. The minimum atomic E-state index is 0.210. The van der Waals surface area contributed by atoms with Crippen molar-refractivity contribution in [3.63, 3.8) is 0 Å². The maximum absolute atomic E-state index is 11.4. The van der Waals surface area contributed by atoms with Crippen LogP contribution in [0.25, 0.3) is 22.3 Å². The van der Waals surface area contributed by atoms with Gasteiger partial charge in [0.2, 0.25) is 0 Å². The lowest BCUT2D eigenvalue weighted by atomic mass is 9.91. The van der Waals surface area contributed by atoms with Gasteiger partial charge in [-0.3, -0.25) is 0 Å². The highest BCUT2D eigenvalue weighted by Crippen LogP contribution is 2.43. The number of allylic oxidation sites excluding steroid dienone is 3. The summed E-state index contributed by atoms with van der Waals surface area (Å²) in [6, 6.07) is 16.0. The molecule has 164 valence electrons. The van der Waals surface area contributed by atoms with E-state index < -0.39 is 0 Å². The van der Waals surface area contributed by atoms with Gasteiger partial charge >= 0.3 is 0 Å². The van der Waals surface area contributed by atoms with Crippen molar-refractivity contribution in [2.75, 3.05) is 14.2 Å². The lowest BCUT2D eigenvalue weighted by molar-refractivity contribution is 0.411. The molecule has 0 saturated carbocycles. The Balaban J connectivity index is 2.26. The van der Waals surface area contributed by atoms with Crippen molar-refractivity contribution in [1.82, 2.24) is 0 Å². The van der Waals surface area contributed by atoms with Gasteiger partial charge in [0.25, 0.3) is 0 Å². The average molecular weight is 427 g/mol. The first-order valence-electron chi connectivity index (χ1n) is 10.6. The number of phenols is 1. The number of aromatic hydroxyl groups is 1. The molecule has 0 amide bonds. The number of rotatable bonds is 10. The number of hydrogen-bond acceptors (Lipinski definition) is 3. The summed E-state index contributed by atoms with van der Waals surface area (Å²) in [7, 11) is 3.30. The molecule has 0 fully saturated rings. The van der Waals surface area contributed by atoms with Gasteiger partial charge in [-0.1, -0.05) is 30.4 Å². The maximum atomic E-state index is 11.4. The van der Waals surface area contributed by atoms with E-state index in [1.54, 1.807) is 14.2 Å². The summed E-state index contributed by atoms with van der Waals surface area (Å²) in [6.45, 7) is 11.6. The van der Waals surface area contributed by atoms with E-state index in [1.807, 2.05) is 66.8 Å². The predicted molar refractivity (Wildman–Crippen MR) is 134 cm³/mol. The number of ether oxygens (including phenoxy) is 2. The third-order valence-corrected chi connectivity index (χ3v) is 5.44. The van der Waals surface area contributed by atoms with Crippen molar-refractivity contribution in [2.45, 2.75) is 19.3 Å². The molecule has 0 aliphatic carbocycles. The molecule has 0 unspecified atom stereocenters. The van der Waals surface area contributed by atoms with Gasteiger partial charge in [-0.2, -0.15) is 0 Å². The van der Waals surface area contributed by atoms with E-state index in [0.717, 1.165) is 51.1 Å². The fourth-order valence-corrected chi connectivity index (χ4v) is 3.92. The molecule has 3 aromatic carbocycles. The Morgan fingerprint density at radius 3 is 1.94 bits per heavy atom. The minimum Gasteiger partial charge on any atom is -0.507 e. The minimum absolute atomic E-state index is 0.210. The number of hydrogen-bond donors (Lipinski definition) is 1. The van der Waals surface area contributed by atoms with Crippen molar-refractivity contribution in [3.05, 3.63) is 103 Å². The third kappa shape index (κ3) is 4.78. The van der Waals surface area contributed by atoms with Crippen LogP contribution in [0.3, 0.4) is 0 Å². The molecule has 3 rings (SSSR count). The standard InChI is InChI=1S/C29H30O3/c1-6-9-20-12-14-28(32-5)25(16-20)26-18-21(10-7-2)17-24(29(26)30)22-13-15-27(31-4)23(19-22)11-8-3/h6-8,12-19,30H,1-3,9-11H2,4-5H3. The number of benzene rings is 3. The maximum Gasteiger partial charge on any atom is 0.131 e. The van der Waals surface area contributed by atoms with E-state index in [-0.39, 0.29) is 5.75 Å². The van der Waals surface area contributed by atoms with E-state index in [4.69, 9.17) is 9.47 Å². The quantitative estimate of drug-likeness (QED) is 0.357. The van der Waals surface area contributed by atoms with Crippen LogP contribution in [0.2, 0.25) is 0 Å². The van der Waals surface area contributed by atoms with Crippen LogP contribution in [-0.2, 0) is 19.3 Å². The molecule has 0 aliphatic heterocycles. The van der Waals surface area contributed by atoms with Crippen molar-refractivity contribution >= 4 is 0 Å². The van der Waals surface area contributed by atoms with Gasteiger partial charge < -0.3 is 14.6 Å². The van der Waals surface area contributed by atoms with Crippen LogP contribution in [0.1, 0.15) is 16.7 Å². The van der Waals surface area contributed by atoms with Crippen LogP contribution < -0.4 is 9.47 Å². The fourth-order valence-electron chi connectivity index (χ4n) is 3.92. The normalized spacial score (nSPS) is 10.4. The Hall–Kier alpha value is -3.72. The molecule has 3 nitrogen and oxygen atoms in total. The average Bonchev–Trinajstić information content (AvgIpc) is 2.80. The lowest BCUT2D eigenvalue weighted by Gasteiger charge is -2.17. The summed E-state index contributed by atoms with van der Waals surface area (Å²) in [5, 5.41) is 11.4. The first-order valence-corrected chi connectivity index (χ1v) is 10.6. The summed E-state index contributed by atoms with van der Waals surface area (Å²) in [4.78, 5) is 0. The van der Waals surface area contributed by atoms with Crippen molar-refractivity contribution in [1.29, 1.82) is 0 Å². The van der Waals surface area contributed by atoms with Gasteiger partial charge in [-0.25, -0.2) is 0 Å². The molecule has 0 saturated heterocycles. The van der Waals surface area contributed by atoms with Crippen molar-refractivity contribution in [2.24, 2.45) is 0 Å². The number of phenolic OH excluding ortho intramolecular Hbond substituents is 1. The second-order valence-corrected chi connectivity index (χ2v) is 7.58. The molecule has 0 atom stereocenters. The smallest absolute Gasteiger partial charge is 0.131 e. The summed E-state index contributed by atoms with van der Waals surface area (Å²) in [5.74, 6) is 1.72. The van der Waals surface area contributed by atoms with E-state index in [1.165, 1.54) is 0 Å². The molecular weight excluding hydrogens is 396 g/mol. The van der Waals surface area contributed by atoms with Gasteiger partial charge in [0.1, 0.15) is 17.2 Å². The molecular formula is C29H30O3. The van der Waals surface area contributed by atoms with Crippen LogP contribution in [0.4, 0.5) is 0 Å². The fraction of sp³-hybridized carbons (Fsp3) is 0.172. The Bertz CT molecular complexity index is 1140. The van der Waals surface area contributed by atoms with Gasteiger partial charge in [-0.05, 0) is 77.9 Å². The Morgan fingerprint density at radius 2 is 1.28 bits per heavy atom. The monoisotopic (exact) mass is 426 g/mol. The van der Waals surface area contributed by atoms with Crippen molar-refractivity contribution < 1.29 is 14.6 Å². The third-order valence-electron chi connectivity index (χ3n) is 5.44. The zero-order chi connectivity index (χ0) is 23.1. The first-order chi connectivity index (χ1) is 15.6. The topological polar surface area (TPSA) is 38.7 Å². The Labute approximate surface area is 191 Å². The molecule has 3 aromatic rings. The first kappa shape index (κ1) is 23.0.